The van der Waals surface area contributed by atoms with E-state index < -0.39 is 0 Å². The molecule has 0 atom stereocenters. The van der Waals surface area contributed by atoms with Crippen LogP contribution in [0.1, 0.15) is 24.7 Å². The smallest absolute Gasteiger partial charge is 0.124 e. The molecule has 0 bridgehead atoms. The van der Waals surface area contributed by atoms with Gasteiger partial charge >= 0.3 is 0 Å². The van der Waals surface area contributed by atoms with Gasteiger partial charge in [0, 0.05) is 38.0 Å². The second kappa shape index (κ2) is 7.78. The van der Waals surface area contributed by atoms with E-state index in [4.69, 9.17) is 4.74 Å². The number of ether oxygens (including phenoxy) is 1. The third kappa shape index (κ3) is 4.56. The molecular formula is C16H22FN3O. The van der Waals surface area contributed by atoms with Crippen molar-refractivity contribution in [2.45, 2.75) is 26.3 Å². The lowest BCUT2D eigenvalue weighted by molar-refractivity contribution is 0.313. The molecule has 114 valence electrons. The number of aryl methyl sites for hydroxylation is 1. The third-order valence-electron chi connectivity index (χ3n) is 3.27. The Balaban J connectivity index is 1.93. The lowest BCUT2D eigenvalue weighted by Gasteiger charge is -2.12. The standard InChI is InChI=1S/C16H22FN3O/c1-3-7-18-12-13-11-14(17)4-5-15(13)21-10-6-16-19-8-9-20(16)2/h4-5,8-9,11,18H,3,6-7,10,12H2,1-2H3. The molecule has 0 unspecified atom stereocenters. The van der Waals surface area contributed by atoms with Crippen LogP contribution >= 0.6 is 0 Å². The van der Waals surface area contributed by atoms with E-state index in [1.807, 2.05) is 17.8 Å². The lowest BCUT2D eigenvalue weighted by Crippen LogP contribution is -2.15. The van der Waals surface area contributed by atoms with E-state index in [1.54, 1.807) is 12.3 Å². The quantitative estimate of drug-likeness (QED) is 0.760. The zero-order valence-corrected chi connectivity index (χ0v) is 12.6. The van der Waals surface area contributed by atoms with Crippen LogP contribution in [0.25, 0.3) is 0 Å². The molecular weight excluding hydrogens is 269 g/mol. The van der Waals surface area contributed by atoms with Gasteiger partial charge in [-0.2, -0.15) is 0 Å². The fourth-order valence-corrected chi connectivity index (χ4v) is 2.12. The summed E-state index contributed by atoms with van der Waals surface area (Å²) in [5, 5.41) is 3.27. The molecule has 0 radical (unpaired) electrons. The minimum Gasteiger partial charge on any atom is -0.493 e. The molecule has 2 rings (SSSR count). The molecule has 0 saturated carbocycles. The van der Waals surface area contributed by atoms with E-state index >= 15 is 0 Å². The summed E-state index contributed by atoms with van der Waals surface area (Å²) in [6.07, 6.45) is 5.45. The molecule has 0 amide bonds. The van der Waals surface area contributed by atoms with Gasteiger partial charge in [-0.15, -0.1) is 0 Å². The highest BCUT2D eigenvalue weighted by Crippen LogP contribution is 2.20. The number of halogens is 1. The average molecular weight is 291 g/mol. The normalized spacial score (nSPS) is 10.8. The molecule has 21 heavy (non-hydrogen) atoms. The zero-order chi connectivity index (χ0) is 15.1. The number of imidazole rings is 1. The van der Waals surface area contributed by atoms with Gasteiger partial charge in [0.15, 0.2) is 0 Å². The lowest BCUT2D eigenvalue weighted by atomic mass is 10.2. The Labute approximate surface area is 125 Å². The summed E-state index contributed by atoms with van der Waals surface area (Å²) in [7, 11) is 1.96. The van der Waals surface area contributed by atoms with Crippen LogP contribution < -0.4 is 10.1 Å². The van der Waals surface area contributed by atoms with Crippen LogP contribution in [0, 0.1) is 5.82 Å². The highest BCUT2D eigenvalue weighted by molar-refractivity contribution is 5.34. The molecule has 4 nitrogen and oxygen atoms in total. The van der Waals surface area contributed by atoms with E-state index in [0.717, 1.165) is 36.5 Å². The van der Waals surface area contributed by atoms with Gasteiger partial charge in [-0.1, -0.05) is 6.92 Å². The molecule has 2 aromatic rings. The van der Waals surface area contributed by atoms with Crippen molar-refractivity contribution in [3.63, 3.8) is 0 Å². The SMILES string of the molecule is CCCNCc1cc(F)ccc1OCCc1nccn1C. The van der Waals surface area contributed by atoms with Crippen molar-refractivity contribution in [3.05, 3.63) is 47.8 Å². The Morgan fingerprint density at radius 1 is 1.38 bits per heavy atom. The monoisotopic (exact) mass is 291 g/mol. The largest absolute Gasteiger partial charge is 0.493 e. The summed E-state index contributed by atoms with van der Waals surface area (Å²) in [6.45, 7) is 4.15. The number of hydrogen-bond acceptors (Lipinski definition) is 3. The second-order valence-corrected chi connectivity index (χ2v) is 4.98. The minimum absolute atomic E-state index is 0.236. The maximum Gasteiger partial charge on any atom is 0.124 e. The van der Waals surface area contributed by atoms with E-state index in [9.17, 15) is 4.39 Å². The number of nitrogens with zero attached hydrogens (tertiary/aromatic N) is 2. The van der Waals surface area contributed by atoms with E-state index in [0.29, 0.717) is 13.2 Å². The molecule has 1 aromatic carbocycles. The second-order valence-electron chi connectivity index (χ2n) is 4.98. The molecule has 0 aliphatic heterocycles. The van der Waals surface area contributed by atoms with Crippen molar-refractivity contribution in [1.29, 1.82) is 0 Å². The Hall–Kier alpha value is -1.88. The van der Waals surface area contributed by atoms with Gasteiger partial charge in [0.25, 0.3) is 0 Å². The van der Waals surface area contributed by atoms with Crippen LogP contribution in [0.2, 0.25) is 0 Å². The molecule has 5 heteroatoms. The number of rotatable bonds is 8. The minimum atomic E-state index is -0.236. The molecule has 1 heterocycles. The average Bonchev–Trinajstić information content (AvgIpc) is 2.87. The van der Waals surface area contributed by atoms with Crippen LogP contribution in [0.5, 0.6) is 5.75 Å². The molecule has 1 aromatic heterocycles. The predicted molar refractivity (Wildman–Crippen MR) is 80.8 cm³/mol. The van der Waals surface area contributed by atoms with E-state index in [1.165, 1.54) is 12.1 Å². The van der Waals surface area contributed by atoms with Gasteiger partial charge in [0.2, 0.25) is 0 Å². The first kappa shape index (κ1) is 15.5. The summed E-state index contributed by atoms with van der Waals surface area (Å²) >= 11 is 0. The number of benzene rings is 1. The maximum absolute atomic E-state index is 13.4. The van der Waals surface area contributed by atoms with E-state index in [-0.39, 0.29) is 5.82 Å². The van der Waals surface area contributed by atoms with Crippen molar-refractivity contribution >= 4 is 0 Å². The Morgan fingerprint density at radius 3 is 2.95 bits per heavy atom. The van der Waals surface area contributed by atoms with E-state index in [2.05, 4.69) is 17.2 Å². The van der Waals surface area contributed by atoms with Crippen molar-refractivity contribution in [2.24, 2.45) is 7.05 Å². The fourth-order valence-electron chi connectivity index (χ4n) is 2.12. The third-order valence-corrected chi connectivity index (χ3v) is 3.27. The first-order valence-electron chi connectivity index (χ1n) is 7.29. The summed E-state index contributed by atoms with van der Waals surface area (Å²) in [6, 6.07) is 4.65. The molecule has 0 spiro atoms. The number of aromatic nitrogens is 2. The highest BCUT2D eigenvalue weighted by Gasteiger charge is 2.06. The highest BCUT2D eigenvalue weighted by atomic mass is 19.1. The Morgan fingerprint density at radius 2 is 2.24 bits per heavy atom. The number of nitrogens with one attached hydrogen (secondary N) is 1. The van der Waals surface area contributed by atoms with Crippen LogP contribution in [-0.2, 0) is 20.0 Å². The van der Waals surface area contributed by atoms with Crippen molar-refractivity contribution in [1.82, 2.24) is 14.9 Å². The molecule has 0 aliphatic rings. The Kier molecular flexibility index (Phi) is 5.75. The van der Waals surface area contributed by atoms with Crippen LogP contribution in [0.4, 0.5) is 4.39 Å². The van der Waals surface area contributed by atoms with Gasteiger partial charge in [0.05, 0.1) is 6.61 Å². The van der Waals surface area contributed by atoms with Crippen LogP contribution in [-0.4, -0.2) is 22.7 Å². The first-order chi connectivity index (χ1) is 10.2. The van der Waals surface area contributed by atoms with Crippen LogP contribution in [0.15, 0.2) is 30.6 Å². The molecule has 0 aliphatic carbocycles. The summed E-state index contributed by atoms with van der Waals surface area (Å²) in [4.78, 5) is 4.25. The van der Waals surface area contributed by atoms with Gasteiger partial charge in [0.1, 0.15) is 17.4 Å². The molecule has 0 saturated heterocycles. The summed E-state index contributed by atoms with van der Waals surface area (Å²) in [5.74, 6) is 1.47. The molecule has 0 fully saturated rings. The van der Waals surface area contributed by atoms with Gasteiger partial charge < -0.3 is 14.6 Å². The van der Waals surface area contributed by atoms with Gasteiger partial charge in [-0.05, 0) is 31.2 Å². The van der Waals surface area contributed by atoms with Crippen molar-refractivity contribution in [2.75, 3.05) is 13.2 Å². The van der Waals surface area contributed by atoms with Crippen LogP contribution in [0.3, 0.4) is 0 Å². The predicted octanol–water partition coefficient (Wildman–Crippen LogP) is 2.68. The topological polar surface area (TPSA) is 39.1 Å². The fraction of sp³-hybridized carbons (Fsp3) is 0.438. The molecule has 1 N–H and O–H groups in total. The van der Waals surface area contributed by atoms with Gasteiger partial charge in [-0.25, -0.2) is 9.37 Å². The van der Waals surface area contributed by atoms with Gasteiger partial charge in [-0.3, -0.25) is 0 Å². The van der Waals surface area contributed by atoms with Crippen molar-refractivity contribution in [3.8, 4) is 5.75 Å². The maximum atomic E-state index is 13.4. The first-order valence-corrected chi connectivity index (χ1v) is 7.29. The zero-order valence-electron chi connectivity index (χ0n) is 12.6. The Bertz CT molecular complexity index is 568. The van der Waals surface area contributed by atoms with Crippen molar-refractivity contribution < 1.29 is 9.13 Å². The number of hydrogen-bond donors (Lipinski definition) is 1. The summed E-state index contributed by atoms with van der Waals surface area (Å²) < 4.78 is 21.1. The summed E-state index contributed by atoms with van der Waals surface area (Å²) in [5.41, 5.74) is 0.850.